The molecule has 4 fully saturated rings. The second-order valence-electron chi connectivity index (χ2n) is 14.1. The number of alkyl halides is 3. The molecule has 0 unspecified atom stereocenters. The zero-order valence-corrected chi connectivity index (χ0v) is 25.5. The molecular formula is C34H39F3N4O3. The van der Waals surface area contributed by atoms with Crippen LogP contribution in [-0.2, 0) is 4.74 Å². The van der Waals surface area contributed by atoms with Crippen LogP contribution in [0.5, 0.6) is 11.5 Å². The Morgan fingerprint density at radius 3 is 2.52 bits per heavy atom. The number of allylic oxidation sites excluding steroid dienone is 1. The number of methoxy groups -OCH3 is 1. The Labute approximate surface area is 255 Å². The lowest BCUT2D eigenvalue weighted by Gasteiger charge is -2.72. The van der Waals surface area contributed by atoms with E-state index < -0.39 is 17.6 Å². The number of benzene rings is 1. The second-order valence-corrected chi connectivity index (χ2v) is 14.1. The molecule has 0 amide bonds. The molecule has 8 rings (SSSR count). The van der Waals surface area contributed by atoms with Crippen molar-refractivity contribution in [1.82, 2.24) is 14.9 Å². The molecular weight excluding hydrogens is 569 g/mol. The smallest absolute Gasteiger partial charge is 0.394 e. The Hall–Kier alpha value is -3.53. The number of hydrogen-bond donors (Lipinski definition) is 1. The van der Waals surface area contributed by atoms with Gasteiger partial charge in [0, 0.05) is 56.1 Å². The van der Waals surface area contributed by atoms with E-state index in [-0.39, 0.29) is 30.1 Å². The van der Waals surface area contributed by atoms with Crippen LogP contribution < -0.4 is 9.64 Å². The summed E-state index contributed by atoms with van der Waals surface area (Å²) < 4.78 is 52.1. The summed E-state index contributed by atoms with van der Waals surface area (Å²) in [4.78, 5) is 24.7. The predicted molar refractivity (Wildman–Crippen MR) is 162 cm³/mol. The van der Waals surface area contributed by atoms with Gasteiger partial charge in [-0.25, -0.2) is 9.78 Å². The van der Waals surface area contributed by atoms with Crippen LogP contribution in [0, 0.1) is 16.2 Å². The van der Waals surface area contributed by atoms with Gasteiger partial charge in [-0.1, -0.05) is 25.0 Å². The van der Waals surface area contributed by atoms with E-state index in [1.165, 1.54) is 18.3 Å². The highest BCUT2D eigenvalue weighted by atomic mass is 19.4. The normalized spacial score (nSPS) is 26.7. The molecule has 10 heteroatoms. The number of aromatic amines is 1. The molecule has 234 valence electrons. The molecule has 5 aliphatic rings. The topological polar surface area (TPSA) is 70.7 Å². The van der Waals surface area contributed by atoms with Crippen LogP contribution >= 0.6 is 0 Å². The molecule has 2 bridgehead atoms. The number of H-pyrrole nitrogens is 1. The summed E-state index contributed by atoms with van der Waals surface area (Å²) in [7, 11) is 1.35. The van der Waals surface area contributed by atoms with Crippen LogP contribution in [0.25, 0.3) is 11.0 Å². The predicted octanol–water partition coefficient (Wildman–Crippen LogP) is 7.50. The van der Waals surface area contributed by atoms with Crippen LogP contribution in [0.4, 0.5) is 18.9 Å². The summed E-state index contributed by atoms with van der Waals surface area (Å²) >= 11 is 0. The van der Waals surface area contributed by atoms with Gasteiger partial charge in [-0.05, 0) is 73.6 Å². The first-order valence-corrected chi connectivity index (χ1v) is 15.5. The minimum atomic E-state index is -4.08. The summed E-state index contributed by atoms with van der Waals surface area (Å²) in [5.74, 6) is 0.453. The molecule has 2 aromatic heterocycles. The van der Waals surface area contributed by atoms with E-state index in [1.807, 2.05) is 30.5 Å². The summed E-state index contributed by atoms with van der Waals surface area (Å²) in [5.41, 5.74) is 3.27. The lowest BCUT2D eigenvalue weighted by atomic mass is 9.31. The van der Waals surface area contributed by atoms with Crippen molar-refractivity contribution < 1.29 is 27.4 Å². The van der Waals surface area contributed by atoms with Gasteiger partial charge in [-0.2, -0.15) is 13.2 Å². The molecule has 1 saturated heterocycles. The van der Waals surface area contributed by atoms with E-state index >= 15 is 0 Å². The van der Waals surface area contributed by atoms with Gasteiger partial charge in [0.1, 0.15) is 22.7 Å². The van der Waals surface area contributed by atoms with Crippen LogP contribution in [0.3, 0.4) is 0 Å². The summed E-state index contributed by atoms with van der Waals surface area (Å²) in [6, 6.07) is 9.32. The fraction of sp³-hybridized carbons (Fsp3) is 0.529. The number of pyridine rings is 1. The summed E-state index contributed by atoms with van der Waals surface area (Å²) in [6.45, 7) is 8.64. The van der Waals surface area contributed by atoms with Gasteiger partial charge in [0.15, 0.2) is 0 Å². The Kier molecular flexibility index (Phi) is 6.81. The SMILES string of the molecule is COC(=O)c1ccc(N2CCN(CC3=C(C45CC(C(F)(F)F)(C4)C5)CC(C)(C)CC3)CC2)cc1Oc1cnc2[nH]ccc2c1. The highest BCUT2D eigenvalue weighted by Gasteiger charge is 2.79. The van der Waals surface area contributed by atoms with E-state index in [1.54, 1.807) is 12.3 Å². The number of hydrogen-bond acceptors (Lipinski definition) is 6. The van der Waals surface area contributed by atoms with Gasteiger partial charge in [0.25, 0.3) is 0 Å². The largest absolute Gasteiger partial charge is 0.465 e. The number of carbonyl (C=O) groups is 1. The monoisotopic (exact) mass is 608 g/mol. The van der Waals surface area contributed by atoms with E-state index in [9.17, 15) is 18.0 Å². The Morgan fingerprint density at radius 1 is 1.07 bits per heavy atom. The van der Waals surface area contributed by atoms with Crippen LogP contribution in [-0.4, -0.2) is 66.8 Å². The van der Waals surface area contributed by atoms with Crippen molar-refractivity contribution in [2.75, 3.05) is 44.7 Å². The third kappa shape index (κ3) is 4.95. The van der Waals surface area contributed by atoms with E-state index in [2.05, 4.69) is 33.6 Å². The van der Waals surface area contributed by atoms with Crippen molar-refractivity contribution in [3.05, 3.63) is 59.4 Å². The van der Waals surface area contributed by atoms with Crippen molar-refractivity contribution in [3.8, 4) is 11.5 Å². The molecule has 0 spiro atoms. The average Bonchev–Trinajstić information content (AvgIpc) is 3.40. The maximum absolute atomic E-state index is 13.7. The lowest BCUT2D eigenvalue weighted by Crippen LogP contribution is -2.69. The highest BCUT2D eigenvalue weighted by molar-refractivity contribution is 5.93. The molecule has 3 aromatic rings. The van der Waals surface area contributed by atoms with Gasteiger partial charge in [0.2, 0.25) is 0 Å². The maximum atomic E-state index is 13.7. The fourth-order valence-corrected chi connectivity index (χ4v) is 8.09. The van der Waals surface area contributed by atoms with Crippen LogP contribution in [0.2, 0.25) is 0 Å². The molecule has 3 saturated carbocycles. The zero-order chi connectivity index (χ0) is 30.9. The number of esters is 1. The fourth-order valence-electron chi connectivity index (χ4n) is 8.09. The number of fused-ring (bicyclic) bond motifs is 1. The maximum Gasteiger partial charge on any atom is 0.394 e. The number of ether oxygens (including phenoxy) is 2. The van der Waals surface area contributed by atoms with Gasteiger partial charge < -0.3 is 19.4 Å². The molecule has 0 radical (unpaired) electrons. The number of piperazine rings is 1. The number of aromatic nitrogens is 2. The first-order valence-electron chi connectivity index (χ1n) is 15.5. The summed E-state index contributed by atoms with van der Waals surface area (Å²) in [6.07, 6.45) is 3.17. The first-order chi connectivity index (χ1) is 20.9. The van der Waals surface area contributed by atoms with E-state index in [4.69, 9.17) is 9.47 Å². The average molecular weight is 609 g/mol. The molecule has 3 heterocycles. The Bertz CT molecular complexity index is 1610. The van der Waals surface area contributed by atoms with Gasteiger partial charge in [-0.3, -0.25) is 4.90 Å². The number of rotatable bonds is 7. The zero-order valence-electron chi connectivity index (χ0n) is 25.5. The second kappa shape index (κ2) is 10.3. The molecule has 44 heavy (non-hydrogen) atoms. The molecule has 4 aliphatic carbocycles. The number of anilines is 1. The summed E-state index contributed by atoms with van der Waals surface area (Å²) in [5, 5.41) is 0.906. The van der Waals surface area contributed by atoms with E-state index in [0.717, 1.165) is 68.7 Å². The number of halogens is 3. The lowest BCUT2D eigenvalue weighted by molar-refractivity contribution is -0.353. The van der Waals surface area contributed by atoms with Crippen molar-refractivity contribution in [2.45, 2.75) is 58.5 Å². The van der Waals surface area contributed by atoms with Gasteiger partial charge in [0.05, 0.1) is 18.7 Å². The van der Waals surface area contributed by atoms with Crippen LogP contribution in [0.15, 0.2) is 53.9 Å². The molecule has 7 nitrogen and oxygen atoms in total. The molecule has 0 atom stereocenters. The van der Waals surface area contributed by atoms with Crippen molar-refractivity contribution in [1.29, 1.82) is 0 Å². The van der Waals surface area contributed by atoms with Crippen molar-refractivity contribution in [3.63, 3.8) is 0 Å². The number of carbonyl (C=O) groups excluding carboxylic acids is 1. The highest BCUT2D eigenvalue weighted by Crippen LogP contribution is 2.82. The van der Waals surface area contributed by atoms with Crippen LogP contribution in [0.1, 0.15) is 62.7 Å². The quantitative estimate of drug-likeness (QED) is 0.221. The molecule has 1 aliphatic heterocycles. The molecule has 1 aromatic carbocycles. The van der Waals surface area contributed by atoms with E-state index in [0.29, 0.717) is 17.1 Å². The van der Waals surface area contributed by atoms with Gasteiger partial charge in [-0.15, -0.1) is 0 Å². The van der Waals surface area contributed by atoms with Gasteiger partial charge >= 0.3 is 12.1 Å². The first kappa shape index (κ1) is 29.2. The number of nitrogens with zero attached hydrogens (tertiary/aromatic N) is 3. The third-order valence-corrected chi connectivity index (χ3v) is 10.6. The Morgan fingerprint density at radius 2 is 1.82 bits per heavy atom. The Balaban J connectivity index is 1.05. The third-order valence-electron chi connectivity index (χ3n) is 10.6. The van der Waals surface area contributed by atoms with Crippen molar-refractivity contribution in [2.24, 2.45) is 16.2 Å². The standard InChI is InChI=1S/C34H39F3N4O3/c1-31(2)8-6-23(27(16-31)32-19-33(20-32,21-32)34(35,36)37)18-40-10-12-41(13-11-40)24-4-5-26(30(42)43-3)28(15-24)44-25-14-22-7-9-38-29(22)39-17-25/h4-5,7,9,14-15,17H,6,8,10-13,16,18-21H2,1-3H3,(H,38,39). The minimum absolute atomic E-state index is 0.137. The number of nitrogens with one attached hydrogen (secondary N) is 1. The van der Waals surface area contributed by atoms with Crippen molar-refractivity contribution >= 4 is 22.7 Å². The molecule has 1 N–H and O–H groups in total. The minimum Gasteiger partial charge on any atom is -0.465 e.